The van der Waals surface area contributed by atoms with Crippen LogP contribution in [0.25, 0.3) is 0 Å². The second-order valence-electron chi connectivity index (χ2n) is 4.46. The quantitative estimate of drug-likeness (QED) is 0.658. The molecule has 2 aromatic rings. The van der Waals surface area contributed by atoms with E-state index in [0.29, 0.717) is 12.0 Å². The van der Waals surface area contributed by atoms with Gasteiger partial charge in [-0.2, -0.15) is 16.8 Å². The maximum absolute atomic E-state index is 11.8. The molecule has 0 spiro atoms. The summed E-state index contributed by atoms with van der Waals surface area (Å²) in [5, 5.41) is 0. The fraction of sp³-hybridized carbons (Fsp3) is 0.0667. The van der Waals surface area contributed by atoms with E-state index in [1.165, 1.54) is 36.4 Å². The number of para-hydroxylation sites is 2. The molecule has 0 radical (unpaired) electrons. The predicted octanol–water partition coefficient (Wildman–Crippen LogP) is 2.38. The van der Waals surface area contributed by atoms with Crippen LogP contribution in [0.4, 0.5) is 0 Å². The highest BCUT2D eigenvalue weighted by Crippen LogP contribution is 2.22. The number of hydrogen-bond acceptors (Lipinski definition) is 7. The van der Waals surface area contributed by atoms with Crippen LogP contribution in [0.15, 0.2) is 67.3 Å². The minimum Gasteiger partial charge on any atom is -0.361 e. The zero-order chi connectivity index (χ0) is 17.6. The van der Waals surface area contributed by atoms with Crippen LogP contribution < -0.4 is 8.37 Å². The van der Waals surface area contributed by atoms with Gasteiger partial charge >= 0.3 is 20.8 Å². The molecule has 24 heavy (non-hydrogen) atoms. The second-order valence-corrected chi connectivity index (χ2v) is 6.98. The lowest BCUT2D eigenvalue weighted by Crippen LogP contribution is -2.22. The summed E-state index contributed by atoms with van der Waals surface area (Å²) in [5.74, 6) is -0.160. The Hall–Kier alpha value is -2.36. The van der Waals surface area contributed by atoms with Gasteiger partial charge < -0.3 is 8.37 Å². The van der Waals surface area contributed by atoms with E-state index in [9.17, 15) is 16.8 Å². The van der Waals surface area contributed by atoms with Gasteiger partial charge in [0, 0.05) is 0 Å². The Morgan fingerprint density at radius 2 is 1.42 bits per heavy atom. The van der Waals surface area contributed by atoms with Crippen molar-refractivity contribution in [3.05, 3.63) is 72.8 Å². The molecule has 9 heteroatoms. The molecular formula is C15H14O7S2. The Balaban J connectivity index is 2.15. The molecule has 0 N–H and O–H groups in total. The first-order valence-electron chi connectivity index (χ1n) is 6.65. The van der Waals surface area contributed by atoms with Crippen LogP contribution in [0.2, 0.25) is 0 Å². The lowest BCUT2D eigenvalue weighted by molar-refractivity contribution is 0.350. The van der Waals surface area contributed by atoms with Crippen LogP contribution in [0.5, 0.6) is 11.5 Å². The number of allylic oxidation sites excluding steroid dienone is 1. The molecule has 0 aliphatic heterocycles. The lowest BCUT2D eigenvalue weighted by atomic mass is 10.1. The van der Waals surface area contributed by atoms with Crippen molar-refractivity contribution >= 4 is 20.8 Å². The Morgan fingerprint density at radius 3 is 2.08 bits per heavy atom. The highest BCUT2D eigenvalue weighted by molar-refractivity contribution is 7.95. The average molecular weight is 370 g/mol. The molecule has 0 saturated heterocycles. The second kappa shape index (κ2) is 7.47. The highest BCUT2D eigenvalue weighted by atomic mass is 32.3. The lowest BCUT2D eigenvalue weighted by Gasteiger charge is -2.10. The van der Waals surface area contributed by atoms with Crippen molar-refractivity contribution in [1.29, 1.82) is 0 Å². The maximum atomic E-state index is 11.8. The molecule has 0 aromatic heterocycles. The molecule has 0 bridgehead atoms. The van der Waals surface area contributed by atoms with Gasteiger partial charge in [0.25, 0.3) is 0 Å². The molecule has 0 amide bonds. The van der Waals surface area contributed by atoms with Crippen LogP contribution in [-0.4, -0.2) is 16.8 Å². The summed E-state index contributed by atoms with van der Waals surface area (Å²) in [5.41, 5.74) is 0.501. The highest BCUT2D eigenvalue weighted by Gasteiger charge is 2.27. The molecule has 0 atom stereocenters. The third kappa shape index (κ3) is 5.37. The first kappa shape index (κ1) is 18.0. The SMILES string of the molecule is C=CCc1ccccc1OS(=O)(=O)OS(=O)(=O)Oc1ccccc1. The molecule has 2 rings (SSSR count). The Bertz CT molecular complexity index is 904. The Morgan fingerprint density at radius 1 is 0.833 bits per heavy atom. The van der Waals surface area contributed by atoms with Crippen molar-refractivity contribution in [1.82, 2.24) is 0 Å². The Labute approximate surface area is 140 Å². The number of hydrogen-bond donors (Lipinski definition) is 0. The smallest absolute Gasteiger partial charge is 0.361 e. The van der Waals surface area contributed by atoms with Crippen LogP contribution in [0.3, 0.4) is 0 Å². The van der Waals surface area contributed by atoms with Gasteiger partial charge in [0.05, 0.1) is 0 Å². The van der Waals surface area contributed by atoms with Crippen LogP contribution >= 0.6 is 0 Å². The molecule has 0 unspecified atom stereocenters. The summed E-state index contributed by atoms with van der Waals surface area (Å²) in [7, 11) is -9.77. The number of benzene rings is 2. The standard InChI is InChI=1S/C15H14O7S2/c1-2-8-13-9-6-7-12-15(13)21-24(18,19)22-23(16,17)20-14-10-4-3-5-11-14/h2-7,9-12H,1,8H2. The molecule has 7 nitrogen and oxygen atoms in total. The largest absolute Gasteiger partial charge is 0.466 e. The third-order valence-corrected chi connectivity index (χ3v) is 4.75. The summed E-state index contributed by atoms with van der Waals surface area (Å²) in [6.07, 6.45) is 1.88. The van der Waals surface area contributed by atoms with Gasteiger partial charge in [-0.3, -0.25) is 0 Å². The normalized spacial score (nSPS) is 11.7. The molecule has 128 valence electrons. The fourth-order valence-electron chi connectivity index (χ4n) is 1.74. The van der Waals surface area contributed by atoms with Gasteiger partial charge in [-0.25, -0.2) is 0 Å². The minimum atomic E-state index is -4.90. The van der Waals surface area contributed by atoms with Crippen molar-refractivity contribution < 1.29 is 28.8 Å². The topological polar surface area (TPSA) is 96.0 Å². The van der Waals surface area contributed by atoms with Crippen LogP contribution in [0.1, 0.15) is 5.56 Å². The molecular weight excluding hydrogens is 356 g/mol. The molecule has 0 saturated carbocycles. The van der Waals surface area contributed by atoms with E-state index < -0.39 is 20.8 Å². The average Bonchev–Trinajstić information content (AvgIpc) is 2.48. The number of rotatable bonds is 8. The first-order chi connectivity index (χ1) is 11.3. The van der Waals surface area contributed by atoms with Crippen molar-refractivity contribution in [2.75, 3.05) is 0 Å². The summed E-state index contributed by atoms with van der Waals surface area (Å²) >= 11 is 0. The van der Waals surface area contributed by atoms with Gasteiger partial charge in [0.2, 0.25) is 0 Å². The summed E-state index contributed by atoms with van der Waals surface area (Å²) < 4.78 is 60.3. The van der Waals surface area contributed by atoms with E-state index in [1.807, 2.05) is 0 Å². The van der Waals surface area contributed by atoms with E-state index in [2.05, 4.69) is 14.4 Å². The summed E-state index contributed by atoms with van der Waals surface area (Å²) in [4.78, 5) is 0. The molecule has 0 aliphatic carbocycles. The Kier molecular flexibility index (Phi) is 5.60. The minimum absolute atomic E-state index is 0.0627. The molecule has 0 aliphatic rings. The first-order valence-corrected chi connectivity index (χ1v) is 9.32. The van der Waals surface area contributed by atoms with E-state index in [4.69, 9.17) is 4.18 Å². The van der Waals surface area contributed by atoms with E-state index in [-0.39, 0.29) is 11.5 Å². The van der Waals surface area contributed by atoms with Gasteiger partial charge in [-0.05, 0) is 30.2 Å². The monoisotopic (exact) mass is 370 g/mol. The van der Waals surface area contributed by atoms with Crippen LogP contribution in [-0.2, 0) is 30.8 Å². The molecule has 0 heterocycles. The van der Waals surface area contributed by atoms with Crippen molar-refractivity contribution in [3.8, 4) is 11.5 Å². The van der Waals surface area contributed by atoms with E-state index >= 15 is 0 Å². The van der Waals surface area contributed by atoms with Gasteiger partial charge in [0.1, 0.15) is 11.5 Å². The van der Waals surface area contributed by atoms with E-state index in [1.54, 1.807) is 24.3 Å². The zero-order valence-electron chi connectivity index (χ0n) is 12.4. The maximum Gasteiger partial charge on any atom is 0.466 e. The van der Waals surface area contributed by atoms with Gasteiger partial charge in [0.15, 0.2) is 0 Å². The fourth-order valence-corrected chi connectivity index (χ4v) is 3.51. The molecule has 0 fully saturated rings. The van der Waals surface area contributed by atoms with Crippen molar-refractivity contribution in [2.45, 2.75) is 6.42 Å². The molecule has 2 aromatic carbocycles. The van der Waals surface area contributed by atoms with Crippen LogP contribution in [0, 0.1) is 0 Å². The van der Waals surface area contributed by atoms with Crippen molar-refractivity contribution in [2.24, 2.45) is 0 Å². The predicted molar refractivity (Wildman–Crippen MR) is 87.0 cm³/mol. The van der Waals surface area contributed by atoms with E-state index in [0.717, 1.165) is 0 Å². The summed E-state index contributed by atoms with van der Waals surface area (Å²) in [6.45, 7) is 3.55. The zero-order valence-corrected chi connectivity index (χ0v) is 14.0. The van der Waals surface area contributed by atoms with Gasteiger partial charge in [-0.15, -0.1) is 6.58 Å². The van der Waals surface area contributed by atoms with Gasteiger partial charge in [-0.1, -0.05) is 46.1 Å². The van der Waals surface area contributed by atoms with Crippen molar-refractivity contribution in [3.63, 3.8) is 0 Å². The summed E-state index contributed by atoms with van der Waals surface area (Å²) in [6, 6.07) is 13.5. The third-order valence-electron chi connectivity index (χ3n) is 2.64.